The molecule has 38 heavy (non-hydrogen) atoms. The van der Waals surface area contributed by atoms with Crippen LogP contribution >= 0.6 is 0 Å². The fraction of sp³-hybridized carbons (Fsp3) is 0.571. The van der Waals surface area contributed by atoms with Gasteiger partial charge in [-0.1, -0.05) is 53.7 Å². The molecule has 206 valence electrons. The van der Waals surface area contributed by atoms with Gasteiger partial charge in [0.1, 0.15) is 17.4 Å². The summed E-state index contributed by atoms with van der Waals surface area (Å²) in [5, 5.41) is 0. The summed E-state index contributed by atoms with van der Waals surface area (Å²) < 4.78 is 18.1. The van der Waals surface area contributed by atoms with Crippen molar-refractivity contribution in [2.75, 3.05) is 7.11 Å². The van der Waals surface area contributed by atoms with Gasteiger partial charge in [0, 0.05) is 12.7 Å². The van der Waals surface area contributed by atoms with E-state index in [-0.39, 0.29) is 29.1 Å². The summed E-state index contributed by atoms with van der Waals surface area (Å²) in [6, 6.07) is 7.66. The molecule has 0 spiro atoms. The number of aromatic amines is 2. The number of benzene rings is 1. The number of imidazole rings is 1. The molecular formula is C28H40N4O5Si. The second kappa shape index (κ2) is 11.4. The predicted molar refractivity (Wildman–Crippen MR) is 150 cm³/mol. The van der Waals surface area contributed by atoms with Gasteiger partial charge in [0.15, 0.2) is 17.2 Å². The van der Waals surface area contributed by atoms with Crippen molar-refractivity contribution < 1.29 is 18.7 Å². The first-order valence-corrected chi connectivity index (χ1v) is 15.7. The average molecular weight is 541 g/mol. The molecule has 1 aliphatic carbocycles. The van der Waals surface area contributed by atoms with Crippen LogP contribution in [0.1, 0.15) is 77.7 Å². The van der Waals surface area contributed by atoms with Crippen molar-refractivity contribution in [3.05, 3.63) is 40.4 Å². The number of H-pyrrole nitrogens is 2. The Morgan fingerprint density at radius 3 is 2.18 bits per heavy atom. The topological polar surface area (TPSA) is 119 Å². The maximum atomic E-state index is 13.3. The molecule has 9 nitrogen and oxygen atoms in total. The highest BCUT2D eigenvalue weighted by atomic mass is 28.4. The van der Waals surface area contributed by atoms with Crippen molar-refractivity contribution in [2.45, 2.75) is 96.1 Å². The molecule has 1 aliphatic rings. The Balaban J connectivity index is 1.68. The number of fused-ring (bicyclic) bond motifs is 1. The van der Waals surface area contributed by atoms with Gasteiger partial charge in [0.05, 0.1) is 6.10 Å². The largest absolute Gasteiger partial charge is 0.543 e. The molecule has 0 aliphatic heterocycles. The van der Waals surface area contributed by atoms with Crippen molar-refractivity contribution in [3.8, 4) is 17.1 Å². The van der Waals surface area contributed by atoms with Gasteiger partial charge >= 0.3 is 11.7 Å². The van der Waals surface area contributed by atoms with Crippen molar-refractivity contribution in [1.82, 2.24) is 19.9 Å². The summed E-state index contributed by atoms with van der Waals surface area (Å²) in [7, 11) is -0.467. The number of aromatic nitrogens is 4. The van der Waals surface area contributed by atoms with Gasteiger partial charge in [-0.05, 0) is 54.4 Å². The van der Waals surface area contributed by atoms with Crippen LogP contribution in [0.25, 0.3) is 22.6 Å². The molecule has 10 heteroatoms. The fourth-order valence-corrected chi connectivity index (χ4v) is 11.3. The van der Waals surface area contributed by atoms with Crippen LogP contribution in [0.2, 0.25) is 16.6 Å². The van der Waals surface area contributed by atoms with Gasteiger partial charge in [0.2, 0.25) is 0 Å². The van der Waals surface area contributed by atoms with Crippen molar-refractivity contribution in [1.29, 1.82) is 0 Å². The van der Waals surface area contributed by atoms with Crippen LogP contribution in [-0.4, -0.2) is 53.5 Å². The Morgan fingerprint density at radius 1 is 0.947 bits per heavy atom. The minimum atomic E-state index is -2.17. The van der Waals surface area contributed by atoms with Crippen LogP contribution in [0.15, 0.2) is 29.1 Å². The van der Waals surface area contributed by atoms with E-state index >= 15 is 0 Å². The molecule has 2 heterocycles. The number of carbonyl (C=O) groups excluding carboxylic acids is 1. The number of esters is 1. The monoisotopic (exact) mass is 540 g/mol. The van der Waals surface area contributed by atoms with Gasteiger partial charge in [-0.3, -0.25) is 4.98 Å². The molecule has 4 rings (SSSR count). The first kappa shape index (κ1) is 28.0. The molecule has 1 fully saturated rings. The molecular weight excluding hydrogens is 500 g/mol. The van der Waals surface area contributed by atoms with E-state index in [1.807, 2.05) is 24.3 Å². The van der Waals surface area contributed by atoms with Crippen LogP contribution in [0.4, 0.5) is 0 Å². The highest BCUT2D eigenvalue weighted by Gasteiger charge is 2.47. The summed E-state index contributed by atoms with van der Waals surface area (Å²) in [5.74, 6) is 0.503. The lowest BCUT2D eigenvalue weighted by Gasteiger charge is -2.42. The Kier molecular flexibility index (Phi) is 8.42. The number of hydrogen-bond acceptors (Lipinski definition) is 7. The number of hydrogen-bond donors (Lipinski definition) is 2. The Labute approximate surface area is 224 Å². The van der Waals surface area contributed by atoms with Gasteiger partial charge in [-0.15, -0.1) is 0 Å². The van der Waals surface area contributed by atoms with E-state index in [0.717, 1.165) is 31.4 Å². The number of carbonyl (C=O) groups is 1. The third-order valence-corrected chi connectivity index (χ3v) is 13.9. The lowest BCUT2D eigenvalue weighted by molar-refractivity contribution is -0.00568. The zero-order valence-corrected chi connectivity index (χ0v) is 24.5. The molecule has 0 amide bonds. The van der Waals surface area contributed by atoms with Crippen LogP contribution < -0.4 is 10.1 Å². The van der Waals surface area contributed by atoms with E-state index in [0.29, 0.717) is 28.0 Å². The Hall–Kier alpha value is -2.98. The molecule has 2 aromatic heterocycles. The fourth-order valence-electron chi connectivity index (χ4n) is 6.05. The minimum absolute atomic E-state index is 0.0406. The van der Waals surface area contributed by atoms with Crippen LogP contribution in [0, 0.1) is 0 Å². The highest BCUT2D eigenvalue weighted by Crippen LogP contribution is 2.43. The molecule has 0 unspecified atom stereocenters. The number of ether oxygens (including phenoxy) is 2. The molecule has 0 saturated heterocycles. The van der Waals surface area contributed by atoms with E-state index in [1.54, 1.807) is 7.11 Å². The van der Waals surface area contributed by atoms with Gasteiger partial charge < -0.3 is 18.9 Å². The summed E-state index contributed by atoms with van der Waals surface area (Å²) in [5.41, 5.74) is 2.04. The quantitative estimate of drug-likeness (QED) is 0.253. The highest BCUT2D eigenvalue weighted by molar-refractivity contribution is 6.78. The van der Waals surface area contributed by atoms with Crippen molar-refractivity contribution >= 4 is 25.5 Å². The van der Waals surface area contributed by atoms with Crippen molar-refractivity contribution in [2.24, 2.45) is 0 Å². The lowest BCUT2D eigenvalue weighted by Crippen LogP contribution is -2.50. The van der Waals surface area contributed by atoms with Gasteiger partial charge in [0.25, 0.3) is 8.32 Å². The second-order valence-corrected chi connectivity index (χ2v) is 16.6. The van der Waals surface area contributed by atoms with E-state index in [1.165, 1.54) is 0 Å². The average Bonchev–Trinajstić information content (AvgIpc) is 3.26. The molecule has 2 N–H and O–H groups in total. The summed E-state index contributed by atoms with van der Waals surface area (Å²) in [4.78, 5) is 39.8. The minimum Gasteiger partial charge on any atom is -0.543 e. The van der Waals surface area contributed by atoms with E-state index < -0.39 is 20.0 Å². The number of methoxy groups -OCH3 is 1. The van der Waals surface area contributed by atoms with Crippen molar-refractivity contribution in [3.63, 3.8) is 0 Å². The van der Waals surface area contributed by atoms with Gasteiger partial charge in [-0.2, -0.15) is 0 Å². The van der Waals surface area contributed by atoms with E-state index in [9.17, 15) is 9.59 Å². The zero-order valence-electron chi connectivity index (χ0n) is 23.5. The molecule has 3 aromatic rings. The summed E-state index contributed by atoms with van der Waals surface area (Å²) in [6.45, 7) is 13.5. The smallest absolute Gasteiger partial charge is 0.359 e. The summed E-state index contributed by atoms with van der Waals surface area (Å²) >= 11 is 0. The number of nitrogens with zero attached hydrogens (tertiary/aromatic N) is 2. The van der Waals surface area contributed by atoms with Crippen LogP contribution in [0.3, 0.4) is 0 Å². The SMILES string of the molecule is COC1CCC(OC(=O)c2nc(-c3cccc(O[Si](C(C)C)(C(C)C)C(C)C)c3)nc3[nH]c(=O)[nH]c23)CC1. The Bertz CT molecular complexity index is 1300. The molecule has 1 aromatic carbocycles. The number of nitrogens with one attached hydrogen (secondary N) is 2. The third kappa shape index (κ3) is 5.56. The molecule has 0 bridgehead atoms. The molecule has 0 radical (unpaired) electrons. The van der Waals surface area contributed by atoms with E-state index in [2.05, 4.69) is 61.5 Å². The van der Waals surface area contributed by atoms with Gasteiger partial charge in [-0.25, -0.2) is 19.6 Å². The maximum absolute atomic E-state index is 13.3. The molecule has 0 atom stereocenters. The maximum Gasteiger partial charge on any atom is 0.359 e. The predicted octanol–water partition coefficient (Wildman–Crippen LogP) is 5.98. The summed E-state index contributed by atoms with van der Waals surface area (Å²) in [6.07, 6.45) is 3.09. The first-order valence-electron chi connectivity index (χ1n) is 13.6. The number of rotatable bonds is 9. The normalized spacial score (nSPS) is 18.5. The standard InChI is InChI=1S/C28H40N4O5Si/c1-16(2)38(17(3)4,18(5)6)37-22-10-8-9-19(15-22)25-29-24(23-26(31-25)32-28(34)30-23)27(33)36-21-13-11-20(35-7)12-14-21/h8-10,15-18,20-21H,11-14H2,1-7H3,(H2,29,30,31,32,34). The molecule has 1 saturated carbocycles. The van der Waals surface area contributed by atoms with Crippen LogP contribution in [0.5, 0.6) is 5.75 Å². The lowest BCUT2D eigenvalue weighted by atomic mass is 9.95. The van der Waals surface area contributed by atoms with Crippen LogP contribution in [-0.2, 0) is 9.47 Å². The third-order valence-electron chi connectivity index (χ3n) is 7.90. The first-order chi connectivity index (χ1) is 18.0. The second-order valence-electron chi connectivity index (χ2n) is 11.2. The zero-order chi connectivity index (χ0) is 27.6. The Morgan fingerprint density at radius 2 is 1.58 bits per heavy atom. The van der Waals surface area contributed by atoms with E-state index in [4.69, 9.17) is 13.9 Å².